The van der Waals surface area contributed by atoms with Gasteiger partial charge in [-0.25, -0.2) is 29.9 Å². The Morgan fingerprint density at radius 1 is 1.12 bits per heavy atom. The predicted molar refractivity (Wildman–Crippen MR) is 82.8 cm³/mol. The molecule has 4 aromatic heterocycles. The van der Waals surface area contributed by atoms with E-state index in [1.165, 1.54) is 19.0 Å². The second-order valence-electron chi connectivity index (χ2n) is 5.34. The Kier molecular flexibility index (Phi) is 3.59. The average molecular weight is 326 g/mol. The number of fused-ring (bicyclic) bond motifs is 2. The zero-order valence-corrected chi connectivity index (χ0v) is 12.5. The first kappa shape index (κ1) is 14.6. The van der Waals surface area contributed by atoms with Crippen molar-refractivity contribution in [3.05, 3.63) is 37.2 Å². The molecule has 122 valence electrons. The number of nitrogens with one attached hydrogen (secondary N) is 1. The first-order valence-electron chi connectivity index (χ1n) is 7.31. The molecule has 24 heavy (non-hydrogen) atoms. The number of nitrogens with zero attached hydrogens (tertiary/aromatic N) is 7. The van der Waals surface area contributed by atoms with E-state index in [4.69, 9.17) is 0 Å². The van der Waals surface area contributed by atoms with Gasteiger partial charge in [0.25, 0.3) is 0 Å². The number of aliphatic hydroxyl groups excluding tert-OH is 2. The van der Waals surface area contributed by atoms with Crippen LogP contribution in [0.2, 0.25) is 0 Å². The number of H-pyrrole nitrogens is 1. The fourth-order valence-corrected chi connectivity index (χ4v) is 2.73. The van der Waals surface area contributed by atoms with Crippen molar-refractivity contribution in [1.82, 2.24) is 39.5 Å². The molecule has 10 nitrogen and oxygen atoms in total. The van der Waals surface area contributed by atoms with Crippen LogP contribution in [0.3, 0.4) is 0 Å². The zero-order valence-electron chi connectivity index (χ0n) is 12.5. The molecule has 4 rings (SSSR count). The number of aliphatic hydroxyl groups is 2. The van der Waals surface area contributed by atoms with Gasteiger partial charge >= 0.3 is 0 Å². The minimum absolute atomic E-state index is 0.207. The van der Waals surface area contributed by atoms with Crippen LogP contribution < -0.4 is 0 Å². The number of rotatable bonds is 5. The van der Waals surface area contributed by atoms with E-state index in [-0.39, 0.29) is 13.2 Å². The Morgan fingerprint density at radius 2 is 2.04 bits per heavy atom. The van der Waals surface area contributed by atoms with E-state index in [1.54, 1.807) is 17.1 Å². The molecule has 0 radical (unpaired) electrons. The third kappa shape index (κ3) is 2.37. The molecule has 0 aliphatic carbocycles. The molecule has 0 saturated heterocycles. The van der Waals surface area contributed by atoms with Gasteiger partial charge in [-0.2, -0.15) is 0 Å². The molecule has 2 atom stereocenters. The molecule has 4 heterocycles. The van der Waals surface area contributed by atoms with E-state index >= 15 is 0 Å². The molecular formula is C14H14N8O2. The molecule has 0 saturated carbocycles. The van der Waals surface area contributed by atoms with Gasteiger partial charge in [0.1, 0.15) is 23.7 Å². The van der Waals surface area contributed by atoms with Gasteiger partial charge in [0.2, 0.25) is 0 Å². The highest BCUT2D eigenvalue weighted by molar-refractivity contribution is 5.73. The molecule has 0 spiro atoms. The molecule has 2 unspecified atom stereocenters. The molecule has 0 amide bonds. The van der Waals surface area contributed by atoms with E-state index in [0.29, 0.717) is 28.0 Å². The topological polar surface area (TPSA) is 139 Å². The summed E-state index contributed by atoms with van der Waals surface area (Å²) in [6.07, 6.45) is 6.59. The lowest BCUT2D eigenvalue weighted by Gasteiger charge is -2.21. The first-order chi connectivity index (χ1) is 11.8. The SMILES string of the molecule is OCC(c1ncnc2nc[nH]c12)C(O)Cn1cnc2cncnc21. The zero-order chi connectivity index (χ0) is 16.5. The first-order valence-corrected chi connectivity index (χ1v) is 7.31. The van der Waals surface area contributed by atoms with Crippen molar-refractivity contribution in [3.8, 4) is 0 Å². The van der Waals surface area contributed by atoms with Crippen LogP contribution >= 0.6 is 0 Å². The molecule has 0 bridgehead atoms. The molecule has 4 aromatic rings. The van der Waals surface area contributed by atoms with Gasteiger partial charge in [0, 0.05) is 0 Å². The smallest absolute Gasteiger partial charge is 0.180 e. The fraction of sp³-hybridized carbons (Fsp3) is 0.286. The van der Waals surface area contributed by atoms with Crippen molar-refractivity contribution in [3.63, 3.8) is 0 Å². The lowest BCUT2D eigenvalue weighted by molar-refractivity contribution is 0.0912. The van der Waals surface area contributed by atoms with Crippen LogP contribution in [0.1, 0.15) is 11.6 Å². The number of hydrogen-bond donors (Lipinski definition) is 3. The highest BCUT2D eigenvalue weighted by Gasteiger charge is 2.26. The van der Waals surface area contributed by atoms with Gasteiger partial charge in [-0.3, -0.25) is 0 Å². The lowest BCUT2D eigenvalue weighted by atomic mass is 9.98. The number of imidazole rings is 2. The van der Waals surface area contributed by atoms with Crippen molar-refractivity contribution in [2.45, 2.75) is 18.6 Å². The summed E-state index contributed by atoms with van der Waals surface area (Å²) in [5.41, 5.74) is 2.88. The number of aromatic amines is 1. The number of aromatic nitrogens is 8. The van der Waals surface area contributed by atoms with Crippen LogP contribution in [0.25, 0.3) is 22.3 Å². The second kappa shape index (κ2) is 5.91. The van der Waals surface area contributed by atoms with E-state index in [2.05, 4.69) is 34.9 Å². The van der Waals surface area contributed by atoms with Crippen molar-refractivity contribution >= 4 is 22.3 Å². The van der Waals surface area contributed by atoms with Crippen molar-refractivity contribution < 1.29 is 10.2 Å². The minimum atomic E-state index is -0.899. The van der Waals surface area contributed by atoms with Gasteiger partial charge in [-0.05, 0) is 0 Å². The van der Waals surface area contributed by atoms with E-state index in [1.807, 2.05) is 0 Å². The Hall–Kier alpha value is -2.98. The van der Waals surface area contributed by atoms with Gasteiger partial charge < -0.3 is 19.8 Å². The highest BCUT2D eigenvalue weighted by Crippen LogP contribution is 2.24. The lowest BCUT2D eigenvalue weighted by Crippen LogP contribution is -2.27. The van der Waals surface area contributed by atoms with Gasteiger partial charge in [-0.15, -0.1) is 0 Å². The Labute approximate surface area is 135 Å². The second-order valence-corrected chi connectivity index (χ2v) is 5.34. The summed E-state index contributed by atoms with van der Waals surface area (Å²) in [7, 11) is 0. The highest BCUT2D eigenvalue weighted by atomic mass is 16.3. The van der Waals surface area contributed by atoms with E-state index < -0.39 is 12.0 Å². The summed E-state index contributed by atoms with van der Waals surface area (Å²) in [4.78, 5) is 27.6. The molecule has 3 N–H and O–H groups in total. The standard InChI is InChI=1S/C14H14N8O2/c23-3-8(11-12-13(18-5-16-11)19-6-17-12)10(24)2-22-7-21-9-1-15-4-20-14(9)22/h1,4-8,10,23-24H,2-3H2,(H,16,17,18,19). The van der Waals surface area contributed by atoms with Crippen LogP contribution in [0.15, 0.2) is 31.5 Å². The van der Waals surface area contributed by atoms with Crippen molar-refractivity contribution in [2.24, 2.45) is 0 Å². The third-order valence-corrected chi connectivity index (χ3v) is 3.93. The van der Waals surface area contributed by atoms with Crippen LogP contribution in [-0.2, 0) is 6.54 Å². The number of hydrogen-bond acceptors (Lipinski definition) is 8. The predicted octanol–water partition coefficient (Wildman–Crippen LogP) is -0.370. The fourth-order valence-electron chi connectivity index (χ4n) is 2.73. The van der Waals surface area contributed by atoms with Crippen molar-refractivity contribution in [2.75, 3.05) is 6.61 Å². The normalized spacial score (nSPS) is 14.2. The van der Waals surface area contributed by atoms with E-state index in [0.717, 1.165) is 0 Å². The van der Waals surface area contributed by atoms with Crippen LogP contribution in [0.4, 0.5) is 0 Å². The maximum absolute atomic E-state index is 10.6. The summed E-state index contributed by atoms with van der Waals surface area (Å²) in [6, 6.07) is 0. The Bertz CT molecular complexity index is 981. The molecular weight excluding hydrogens is 312 g/mol. The van der Waals surface area contributed by atoms with Gasteiger partial charge in [0.05, 0.1) is 49.7 Å². The van der Waals surface area contributed by atoms with Gasteiger partial charge in [0.15, 0.2) is 11.3 Å². The maximum atomic E-state index is 10.6. The Morgan fingerprint density at radius 3 is 2.92 bits per heavy atom. The monoisotopic (exact) mass is 326 g/mol. The van der Waals surface area contributed by atoms with Crippen LogP contribution in [-0.4, -0.2) is 62.4 Å². The summed E-state index contributed by atoms with van der Waals surface area (Å²) in [6.45, 7) is -0.0632. The summed E-state index contributed by atoms with van der Waals surface area (Å²) >= 11 is 0. The maximum Gasteiger partial charge on any atom is 0.180 e. The molecule has 0 aromatic carbocycles. The summed E-state index contributed by atoms with van der Waals surface area (Å²) in [5.74, 6) is -0.602. The molecule has 0 fully saturated rings. The largest absolute Gasteiger partial charge is 0.396 e. The Balaban J connectivity index is 1.67. The average Bonchev–Trinajstić information content (AvgIpc) is 3.23. The summed E-state index contributed by atoms with van der Waals surface area (Å²) in [5, 5.41) is 20.4. The van der Waals surface area contributed by atoms with Crippen LogP contribution in [0.5, 0.6) is 0 Å². The van der Waals surface area contributed by atoms with Crippen molar-refractivity contribution in [1.29, 1.82) is 0 Å². The van der Waals surface area contributed by atoms with Crippen LogP contribution in [0, 0.1) is 0 Å². The minimum Gasteiger partial charge on any atom is -0.396 e. The molecule has 10 heteroatoms. The van der Waals surface area contributed by atoms with E-state index in [9.17, 15) is 10.2 Å². The molecule has 0 aliphatic rings. The third-order valence-electron chi connectivity index (χ3n) is 3.93. The van der Waals surface area contributed by atoms with Gasteiger partial charge in [-0.1, -0.05) is 0 Å². The quantitative estimate of drug-likeness (QED) is 0.451. The summed E-state index contributed by atoms with van der Waals surface area (Å²) < 4.78 is 1.72. The molecule has 0 aliphatic heterocycles.